The Kier molecular flexibility index (Phi) is 5.82. The molecule has 0 spiro atoms. The van der Waals surface area contributed by atoms with Crippen LogP contribution in [0.5, 0.6) is 0 Å². The van der Waals surface area contributed by atoms with Gasteiger partial charge in [-0.3, -0.25) is 19.9 Å². The molecule has 0 saturated heterocycles. The number of rotatable bonds is 5. The number of hydrogen-bond acceptors (Lipinski definition) is 4. The molecule has 0 aliphatic carbocycles. The van der Waals surface area contributed by atoms with Crippen molar-refractivity contribution in [2.45, 2.75) is 13.8 Å². The van der Waals surface area contributed by atoms with E-state index in [1.54, 1.807) is 20.9 Å². The van der Waals surface area contributed by atoms with E-state index in [9.17, 15) is 9.59 Å². The highest BCUT2D eigenvalue weighted by atomic mass is 16.6. The molecule has 0 bridgehead atoms. The topological polar surface area (TPSA) is 79.5 Å². The average Bonchev–Trinajstić information content (AvgIpc) is 2.16. The van der Waals surface area contributed by atoms with Crippen molar-refractivity contribution in [1.82, 2.24) is 16.3 Å². The predicted octanol–water partition coefficient (Wildman–Crippen LogP) is -0.813. The molecule has 0 aromatic heterocycles. The molecule has 2 atom stereocenters. The van der Waals surface area contributed by atoms with Gasteiger partial charge in [0.25, 0.3) is 0 Å². The predicted molar refractivity (Wildman–Crippen MR) is 50.7 cm³/mol. The zero-order chi connectivity index (χ0) is 11.1. The van der Waals surface area contributed by atoms with Gasteiger partial charge in [-0.25, -0.2) is 10.9 Å². The van der Waals surface area contributed by atoms with Gasteiger partial charge in [-0.05, 0) is 0 Å². The van der Waals surface area contributed by atoms with Gasteiger partial charge in [-0.2, -0.15) is 0 Å². The second-order valence-corrected chi connectivity index (χ2v) is 2.99. The molecule has 0 aliphatic heterocycles. The number of hydrogen-bond donors (Lipinski definition) is 3. The first kappa shape index (κ1) is 12.9. The highest BCUT2D eigenvalue weighted by molar-refractivity contribution is 5.86. The molecular formula is C8H17N3O3. The van der Waals surface area contributed by atoms with Gasteiger partial charge in [0.05, 0.1) is 7.11 Å². The smallest absolute Gasteiger partial charge is 0.247 e. The highest BCUT2D eigenvalue weighted by Gasteiger charge is 2.25. The summed E-state index contributed by atoms with van der Waals surface area (Å²) in [4.78, 5) is 27.0. The molecule has 0 aromatic carbocycles. The maximum absolute atomic E-state index is 11.3. The molecule has 0 aliphatic rings. The van der Waals surface area contributed by atoms with Crippen LogP contribution in [0.3, 0.4) is 0 Å². The summed E-state index contributed by atoms with van der Waals surface area (Å²) in [5.74, 6) is -1.40. The Bertz CT molecular complexity index is 186. The van der Waals surface area contributed by atoms with Gasteiger partial charge >= 0.3 is 0 Å². The van der Waals surface area contributed by atoms with E-state index in [1.165, 1.54) is 7.11 Å². The average molecular weight is 203 g/mol. The van der Waals surface area contributed by atoms with Crippen molar-refractivity contribution in [3.63, 3.8) is 0 Å². The van der Waals surface area contributed by atoms with Crippen LogP contribution in [0, 0.1) is 11.8 Å². The standard InChI is InChI=1S/C8H17N3O3/c1-5(7(12)10-9-3)6(2)8(13)11-14-4/h5-6,9H,1-4H3,(H,10,12)(H,11,13)/t5?,6-/m0/s1. The summed E-state index contributed by atoms with van der Waals surface area (Å²) >= 11 is 0. The minimum absolute atomic E-state index is 0.230. The van der Waals surface area contributed by atoms with Crippen molar-refractivity contribution < 1.29 is 14.4 Å². The van der Waals surface area contributed by atoms with Crippen LogP contribution in [0.1, 0.15) is 13.8 Å². The Morgan fingerprint density at radius 1 is 1.14 bits per heavy atom. The van der Waals surface area contributed by atoms with E-state index in [1.807, 2.05) is 0 Å². The molecule has 0 saturated carbocycles. The van der Waals surface area contributed by atoms with Gasteiger partial charge < -0.3 is 0 Å². The summed E-state index contributed by atoms with van der Waals surface area (Å²) in [6.07, 6.45) is 0. The number of carbonyl (C=O) groups is 2. The number of hydrazine groups is 1. The number of carbonyl (C=O) groups excluding carboxylic acids is 2. The Balaban J connectivity index is 4.16. The maximum atomic E-state index is 11.3. The fourth-order valence-corrected chi connectivity index (χ4v) is 0.885. The maximum Gasteiger partial charge on any atom is 0.247 e. The molecule has 6 heteroatoms. The Morgan fingerprint density at radius 2 is 1.64 bits per heavy atom. The fourth-order valence-electron chi connectivity index (χ4n) is 0.885. The molecule has 3 N–H and O–H groups in total. The van der Waals surface area contributed by atoms with Crippen molar-refractivity contribution in [1.29, 1.82) is 0 Å². The first-order valence-corrected chi connectivity index (χ1v) is 4.34. The zero-order valence-corrected chi connectivity index (χ0v) is 8.88. The van der Waals surface area contributed by atoms with Crippen LogP contribution in [0.25, 0.3) is 0 Å². The second kappa shape index (κ2) is 6.33. The normalized spacial score (nSPS) is 14.3. The molecule has 0 fully saturated rings. The van der Waals surface area contributed by atoms with Gasteiger partial charge in [0.2, 0.25) is 11.8 Å². The molecule has 0 rings (SSSR count). The first-order valence-electron chi connectivity index (χ1n) is 4.34. The summed E-state index contributed by atoms with van der Waals surface area (Å²) in [6, 6.07) is 0. The van der Waals surface area contributed by atoms with Gasteiger partial charge in [0, 0.05) is 18.9 Å². The number of nitrogens with one attached hydrogen (secondary N) is 3. The third-order valence-corrected chi connectivity index (χ3v) is 2.03. The van der Waals surface area contributed by atoms with E-state index in [4.69, 9.17) is 0 Å². The van der Waals surface area contributed by atoms with E-state index in [0.29, 0.717) is 0 Å². The summed E-state index contributed by atoms with van der Waals surface area (Å²) in [7, 11) is 2.94. The summed E-state index contributed by atoms with van der Waals surface area (Å²) in [6.45, 7) is 3.33. The number of amides is 2. The molecule has 0 aromatic rings. The van der Waals surface area contributed by atoms with E-state index in [-0.39, 0.29) is 11.8 Å². The Hall–Kier alpha value is -1.14. The van der Waals surface area contributed by atoms with Crippen molar-refractivity contribution >= 4 is 11.8 Å². The minimum Gasteiger partial charge on any atom is -0.292 e. The highest BCUT2D eigenvalue weighted by Crippen LogP contribution is 2.10. The molecule has 82 valence electrons. The van der Waals surface area contributed by atoms with Gasteiger partial charge in [-0.1, -0.05) is 13.8 Å². The SMILES string of the molecule is CNNC(=O)C(C)[C@H](C)C(=O)NOC. The van der Waals surface area contributed by atoms with Crippen LogP contribution in [0.4, 0.5) is 0 Å². The number of hydroxylamine groups is 1. The van der Waals surface area contributed by atoms with Gasteiger partial charge in [0.1, 0.15) is 0 Å². The van der Waals surface area contributed by atoms with E-state index in [0.717, 1.165) is 0 Å². The lowest BCUT2D eigenvalue weighted by Gasteiger charge is -2.17. The quantitative estimate of drug-likeness (QED) is 0.510. The molecule has 2 amide bonds. The first-order chi connectivity index (χ1) is 6.54. The van der Waals surface area contributed by atoms with E-state index >= 15 is 0 Å². The van der Waals surface area contributed by atoms with Crippen LogP contribution in [0.2, 0.25) is 0 Å². The second-order valence-electron chi connectivity index (χ2n) is 2.99. The summed E-state index contributed by atoms with van der Waals surface area (Å²) < 4.78 is 0. The molecule has 1 unspecified atom stereocenters. The van der Waals surface area contributed by atoms with Gasteiger partial charge in [0.15, 0.2) is 0 Å². The monoisotopic (exact) mass is 203 g/mol. The van der Waals surface area contributed by atoms with Crippen LogP contribution >= 0.6 is 0 Å². The van der Waals surface area contributed by atoms with Crippen molar-refractivity contribution in [2.75, 3.05) is 14.2 Å². The van der Waals surface area contributed by atoms with Crippen molar-refractivity contribution in [2.24, 2.45) is 11.8 Å². The Labute approximate surface area is 83.3 Å². The van der Waals surface area contributed by atoms with E-state index in [2.05, 4.69) is 21.2 Å². The molecule has 0 radical (unpaired) electrons. The lowest BCUT2D eigenvalue weighted by Crippen LogP contribution is -2.43. The van der Waals surface area contributed by atoms with Gasteiger partial charge in [-0.15, -0.1) is 0 Å². The zero-order valence-electron chi connectivity index (χ0n) is 8.88. The molecule has 6 nitrogen and oxygen atoms in total. The molecule has 0 heterocycles. The van der Waals surface area contributed by atoms with Crippen molar-refractivity contribution in [3.8, 4) is 0 Å². The minimum atomic E-state index is -0.441. The Morgan fingerprint density at radius 3 is 2.07 bits per heavy atom. The van der Waals surface area contributed by atoms with Crippen LogP contribution in [-0.2, 0) is 14.4 Å². The summed E-state index contributed by atoms with van der Waals surface area (Å²) in [5, 5.41) is 0. The largest absolute Gasteiger partial charge is 0.292 e. The third kappa shape index (κ3) is 3.71. The van der Waals surface area contributed by atoms with Crippen LogP contribution in [-0.4, -0.2) is 26.0 Å². The van der Waals surface area contributed by atoms with Crippen LogP contribution in [0.15, 0.2) is 0 Å². The van der Waals surface area contributed by atoms with E-state index < -0.39 is 11.8 Å². The lowest BCUT2D eigenvalue weighted by molar-refractivity contribution is -0.140. The lowest BCUT2D eigenvalue weighted by atomic mass is 9.95. The fraction of sp³-hybridized carbons (Fsp3) is 0.750. The summed E-state index contributed by atoms with van der Waals surface area (Å²) in [5.41, 5.74) is 7.11. The molecular weight excluding hydrogens is 186 g/mol. The van der Waals surface area contributed by atoms with Crippen molar-refractivity contribution in [3.05, 3.63) is 0 Å². The molecule has 14 heavy (non-hydrogen) atoms. The van der Waals surface area contributed by atoms with Crippen LogP contribution < -0.4 is 16.3 Å². The third-order valence-electron chi connectivity index (χ3n) is 2.03.